The number of rotatable bonds is 5. The molecule has 19 heavy (non-hydrogen) atoms. The molecule has 0 aliphatic carbocycles. The van der Waals surface area contributed by atoms with Crippen LogP contribution in [0.3, 0.4) is 0 Å². The summed E-state index contributed by atoms with van der Waals surface area (Å²) in [5, 5.41) is 7.65. The first kappa shape index (κ1) is 16.9. The van der Waals surface area contributed by atoms with E-state index in [1.807, 2.05) is 6.92 Å². The molecule has 0 unspecified atom stereocenters. The van der Waals surface area contributed by atoms with Gasteiger partial charge in [0.25, 0.3) is 0 Å². The molecule has 1 heterocycles. The lowest BCUT2D eigenvalue weighted by molar-refractivity contribution is 0.398. The summed E-state index contributed by atoms with van der Waals surface area (Å²) in [6.07, 6.45) is 5.43. The van der Waals surface area contributed by atoms with Gasteiger partial charge in [-0.15, -0.1) is 0 Å². The summed E-state index contributed by atoms with van der Waals surface area (Å²) in [6, 6.07) is 0. The molecule has 0 fully saturated rings. The fourth-order valence-corrected chi connectivity index (χ4v) is 3.12. The Labute approximate surface area is 141 Å². The van der Waals surface area contributed by atoms with Crippen LogP contribution in [0.4, 0.5) is 0 Å². The average Bonchev–Trinajstić information content (AvgIpc) is 2.70. The zero-order valence-electron chi connectivity index (χ0n) is 11.6. The number of H-pyrrole nitrogens is 1. The molecular formula is C13H19I2N3O. The first-order valence-electron chi connectivity index (χ1n) is 6.03. The van der Waals surface area contributed by atoms with Gasteiger partial charge in [-0.25, -0.2) is 4.98 Å². The number of hydrogen-bond acceptors (Lipinski definition) is 3. The van der Waals surface area contributed by atoms with Gasteiger partial charge in [0, 0.05) is 0 Å². The molecule has 1 rings (SSSR count). The highest BCUT2D eigenvalue weighted by Crippen LogP contribution is 2.41. The van der Waals surface area contributed by atoms with E-state index in [0.29, 0.717) is 11.7 Å². The Morgan fingerprint density at radius 1 is 1.53 bits per heavy atom. The van der Waals surface area contributed by atoms with Gasteiger partial charge in [0.2, 0.25) is 5.90 Å². The molecule has 0 aromatic carbocycles. The summed E-state index contributed by atoms with van der Waals surface area (Å²) in [5.74, 6) is 1.19. The Morgan fingerprint density at radius 2 is 2.16 bits per heavy atom. The number of methoxy groups -OCH3 is 1. The van der Waals surface area contributed by atoms with E-state index < -0.39 is 0 Å². The molecular weight excluding hydrogens is 468 g/mol. The van der Waals surface area contributed by atoms with E-state index in [1.165, 1.54) is 7.11 Å². The van der Waals surface area contributed by atoms with Crippen LogP contribution in [0.5, 0.6) is 0 Å². The number of halogens is 2. The van der Waals surface area contributed by atoms with E-state index in [-0.39, 0.29) is 7.33 Å². The number of imidazole rings is 1. The third-order valence-corrected chi connectivity index (χ3v) is 4.37. The topological polar surface area (TPSA) is 61.8 Å². The van der Waals surface area contributed by atoms with Crippen molar-refractivity contribution < 1.29 is 4.74 Å². The number of allylic oxidation sites excluding steroid dienone is 2. The Balaban J connectivity index is 2.97. The summed E-state index contributed by atoms with van der Waals surface area (Å²) >= 11 is 4.76. The second-order valence-corrected chi connectivity index (χ2v) is 10.2. The van der Waals surface area contributed by atoms with Crippen LogP contribution < -0.4 is 0 Å². The van der Waals surface area contributed by atoms with Gasteiger partial charge in [0.05, 0.1) is 18.5 Å². The van der Waals surface area contributed by atoms with E-state index in [1.54, 1.807) is 0 Å². The number of hydrogen-bond donors (Lipinski definition) is 2. The van der Waals surface area contributed by atoms with Gasteiger partial charge in [-0.05, 0) is 19.3 Å². The summed E-state index contributed by atoms with van der Waals surface area (Å²) < 4.78 is 4.71. The zero-order chi connectivity index (χ0) is 14.6. The predicted octanol–water partition coefficient (Wildman–Crippen LogP) is 4.31. The monoisotopic (exact) mass is 487 g/mol. The third-order valence-electron chi connectivity index (χ3n) is 2.57. The summed E-state index contributed by atoms with van der Waals surface area (Å²) in [7, 11) is 1.48. The average molecular weight is 487 g/mol. The summed E-state index contributed by atoms with van der Waals surface area (Å²) in [6.45, 7) is 6.35. The molecule has 0 radical (unpaired) electrons. The lowest BCUT2D eigenvalue weighted by Crippen LogP contribution is -2.08. The van der Waals surface area contributed by atoms with Crippen molar-refractivity contribution in [2.45, 2.75) is 28.6 Å². The fraction of sp³-hybridized carbons (Fsp3) is 0.538. The molecule has 6 heteroatoms. The van der Waals surface area contributed by atoms with E-state index in [0.717, 1.165) is 17.8 Å². The molecule has 1 aromatic heterocycles. The molecule has 0 saturated heterocycles. The Hall–Kier alpha value is -0.120. The lowest BCUT2D eigenvalue weighted by atomic mass is 10.1. The predicted molar refractivity (Wildman–Crippen MR) is 95.5 cm³/mol. The van der Waals surface area contributed by atoms with Crippen molar-refractivity contribution in [3.8, 4) is 0 Å². The molecule has 0 saturated carbocycles. The van der Waals surface area contributed by atoms with Crippen molar-refractivity contribution in [1.82, 2.24) is 9.97 Å². The first-order chi connectivity index (χ1) is 8.77. The largest absolute Gasteiger partial charge is 0.479 e. The Morgan fingerprint density at radius 3 is 2.68 bits per heavy atom. The smallest absolute Gasteiger partial charge is 0.249 e. The SMILES string of the molecule is COC(=N)c1nc(C)c(C(I)(I)/C=C/CC(C)C)[nH]1. The minimum Gasteiger partial charge on any atom is -0.479 e. The Kier molecular flexibility index (Phi) is 6.28. The van der Waals surface area contributed by atoms with Gasteiger partial charge in [0.1, 0.15) is 1.43 Å². The number of nitrogens with one attached hydrogen (secondary N) is 2. The van der Waals surface area contributed by atoms with Crippen LogP contribution in [0.15, 0.2) is 12.2 Å². The van der Waals surface area contributed by atoms with E-state index in [2.05, 4.69) is 81.1 Å². The van der Waals surface area contributed by atoms with Crippen LogP contribution in [0.1, 0.15) is 37.5 Å². The van der Waals surface area contributed by atoms with Gasteiger partial charge in [-0.3, -0.25) is 5.41 Å². The second kappa shape index (κ2) is 7.05. The highest BCUT2D eigenvalue weighted by Gasteiger charge is 2.27. The number of nitrogens with zero attached hydrogens (tertiary/aromatic N) is 1. The van der Waals surface area contributed by atoms with Gasteiger partial charge >= 0.3 is 0 Å². The van der Waals surface area contributed by atoms with Crippen LogP contribution in [-0.2, 0) is 6.17 Å². The fourth-order valence-electron chi connectivity index (χ4n) is 1.56. The van der Waals surface area contributed by atoms with Crippen molar-refractivity contribution in [2.75, 3.05) is 7.11 Å². The number of aromatic nitrogens is 2. The van der Waals surface area contributed by atoms with Crippen molar-refractivity contribution in [1.29, 1.82) is 5.41 Å². The minimum atomic E-state index is -0.187. The zero-order valence-corrected chi connectivity index (χ0v) is 15.9. The van der Waals surface area contributed by atoms with Crippen LogP contribution in [0, 0.1) is 18.3 Å². The van der Waals surface area contributed by atoms with Crippen LogP contribution >= 0.6 is 45.2 Å². The molecule has 1 aromatic rings. The maximum absolute atomic E-state index is 7.65. The molecule has 0 aliphatic rings. The molecule has 0 amide bonds. The molecule has 4 nitrogen and oxygen atoms in total. The normalized spacial score (nSPS) is 12.4. The summed E-state index contributed by atoms with van der Waals surface area (Å²) in [4.78, 5) is 7.53. The highest BCUT2D eigenvalue weighted by atomic mass is 127. The van der Waals surface area contributed by atoms with Gasteiger partial charge in [0.15, 0.2) is 5.82 Å². The van der Waals surface area contributed by atoms with Gasteiger partial charge in [-0.1, -0.05) is 71.2 Å². The van der Waals surface area contributed by atoms with Crippen LogP contribution in [0.25, 0.3) is 0 Å². The van der Waals surface area contributed by atoms with Crippen molar-refractivity contribution in [3.63, 3.8) is 0 Å². The number of aryl methyl sites for hydroxylation is 1. The number of alkyl halides is 2. The molecule has 0 spiro atoms. The van der Waals surface area contributed by atoms with Crippen molar-refractivity contribution >= 4 is 51.1 Å². The van der Waals surface area contributed by atoms with Crippen molar-refractivity contribution in [3.05, 3.63) is 29.4 Å². The van der Waals surface area contributed by atoms with E-state index >= 15 is 0 Å². The molecule has 0 bridgehead atoms. The summed E-state index contributed by atoms with van der Waals surface area (Å²) in [5.41, 5.74) is 1.90. The second-order valence-electron chi connectivity index (χ2n) is 4.73. The lowest BCUT2D eigenvalue weighted by Gasteiger charge is -2.15. The maximum atomic E-state index is 7.65. The van der Waals surface area contributed by atoms with Gasteiger partial charge in [-0.2, -0.15) is 0 Å². The number of ether oxygens (including phenoxy) is 1. The van der Waals surface area contributed by atoms with E-state index in [4.69, 9.17) is 10.1 Å². The number of aromatic amines is 1. The quantitative estimate of drug-likeness (QED) is 0.214. The minimum absolute atomic E-state index is 0.0594. The first-order valence-corrected chi connectivity index (χ1v) is 8.19. The molecule has 2 N–H and O–H groups in total. The standard InChI is InChI=1S/C13H19I2N3O/c1-8(2)6-5-7-13(14,15)10-9(3)17-12(18-10)11(16)19-4/h5,7-8,16H,6H2,1-4H3,(H,17,18)/b7-5+,16-11?. The van der Waals surface area contributed by atoms with Crippen molar-refractivity contribution in [2.24, 2.45) is 5.92 Å². The molecule has 0 atom stereocenters. The van der Waals surface area contributed by atoms with Gasteiger partial charge < -0.3 is 9.72 Å². The third kappa shape index (κ3) is 4.73. The van der Waals surface area contributed by atoms with Crippen LogP contribution in [-0.4, -0.2) is 23.0 Å². The maximum Gasteiger partial charge on any atom is 0.249 e. The van der Waals surface area contributed by atoms with Crippen LogP contribution in [0.2, 0.25) is 0 Å². The highest BCUT2D eigenvalue weighted by molar-refractivity contribution is 14.2. The molecule has 0 aliphatic heterocycles. The Bertz CT molecular complexity index is 478. The molecule has 106 valence electrons. The van der Waals surface area contributed by atoms with E-state index in [9.17, 15) is 0 Å².